The number of benzene rings is 1. The molecule has 3 heteroatoms. The van der Waals surface area contributed by atoms with Gasteiger partial charge in [-0.1, -0.05) is 53.2 Å². The molecule has 0 aromatic heterocycles. The smallest absolute Gasteiger partial charge is 0.123 e. The van der Waals surface area contributed by atoms with Gasteiger partial charge in [-0.15, -0.1) is 0 Å². The molecule has 1 atom stereocenters. The number of halogens is 2. The van der Waals surface area contributed by atoms with Crippen LogP contribution in [0.15, 0.2) is 18.2 Å². The molecule has 0 heterocycles. The maximum Gasteiger partial charge on any atom is 0.123 e. The van der Waals surface area contributed by atoms with E-state index in [-0.39, 0.29) is 0 Å². The molecule has 1 saturated carbocycles. The molecule has 94 valence electrons. The van der Waals surface area contributed by atoms with E-state index in [1.807, 2.05) is 18.2 Å². The van der Waals surface area contributed by atoms with Gasteiger partial charge in [0.1, 0.15) is 5.75 Å². The summed E-state index contributed by atoms with van der Waals surface area (Å²) in [5.74, 6) is 1.78. The van der Waals surface area contributed by atoms with E-state index in [0.717, 1.165) is 16.7 Å². The lowest BCUT2D eigenvalue weighted by atomic mass is 9.97. The Balaban J connectivity index is 2.11. The number of rotatable bonds is 4. The fourth-order valence-corrected chi connectivity index (χ4v) is 3.68. The Morgan fingerprint density at radius 3 is 2.76 bits per heavy atom. The average molecular weight is 318 g/mol. The lowest BCUT2D eigenvalue weighted by Gasteiger charge is -2.18. The summed E-state index contributed by atoms with van der Waals surface area (Å²) in [7, 11) is 1.71. The summed E-state index contributed by atoms with van der Waals surface area (Å²) in [5, 5.41) is 0.775. The zero-order valence-electron chi connectivity index (χ0n) is 10.1. The van der Waals surface area contributed by atoms with Crippen molar-refractivity contribution < 1.29 is 4.74 Å². The molecule has 0 radical (unpaired) electrons. The zero-order chi connectivity index (χ0) is 12.3. The quantitative estimate of drug-likeness (QED) is 0.679. The normalized spacial score (nSPS) is 18.3. The molecule has 2 rings (SSSR count). The first-order valence-electron chi connectivity index (χ1n) is 6.18. The largest absolute Gasteiger partial charge is 0.496 e. The minimum absolute atomic E-state index is 0.347. The first-order valence-corrected chi connectivity index (χ1v) is 7.47. The predicted molar refractivity (Wildman–Crippen MR) is 76.2 cm³/mol. The standard InChI is InChI=1S/C14H18BrClO/c1-17-14-7-6-11(16)9-12(14)13(15)8-10-4-2-3-5-10/h6-7,9-10,13H,2-5,8H2,1H3. The minimum Gasteiger partial charge on any atom is -0.496 e. The summed E-state index contributed by atoms with van der Waals surface area (Å²) < 4.78 is 5.40. The van der Waals surface area contributed by atoms with Crippen LogP contribution in [0, 0.1) is 5.92 Å². The highest BCUT2D eigenvalue weighted by Crippen LogP contribution is 2.41. The molecular formula is C14H18BrClO. The second-order valence-electron chi connectivity index (χ2n) is 4.74. The Morgan fingerprint density at radius 2 is 2.12 bits per heavy atom. The van der Waals surface area contributed by atoms with Gasteiger partial charge in [0, 0.05) is 15.4 Å². The average Bonchev–Trinajstić information content (AvgIpc) is 2.81. The van der Waals surface area contributed by atoms with Gasteiger partial charge < -0.3 is 4.74 Å². The van der Waals surface area contributed by atoms with Gasteiger partial charge in [0.25, 0.3) is 0 Å². The van der Waals surface area contributed by atoms with Crippen molar-refractivity contribution in [2.75, 3.05) is 7.11 Å². The summed E-state index contributed by atoms with van der Waals surface area (Å²) >= 11 is 9.84. The molecule has 0 amide bonds. The molecule has 0 N–H and O–H groups in total. The number of ether oxygens (including phenoxy) is 1. The Bertz CT molecular complexity index is 374. The Kier molecular flexibility index (Phi) is 4.75. The first-order chi connectivity index (χ1) is 8.20. The molecule has 1 aliphatic carbocycles. The molecule has 1 aromatic carbocycles. The highest BCUT2D eigenvalue weighted by Gasteiger charge is 2.21. The Morgan fingerprint density at radius 1 is 1.41 bits per heavy atom. The van der Waals surface area contributed by atoms with Crippen molar-refractivity contribution in [3.05, 3.63) is 28.8 Å². The van der Waals surface area contributed by atoms with Crippen LogP contribution in [0.3, 0.4) is 0 Å². The van der Waals surface area contributed by atoms with Gasteiger partial charge in [0.2, 0.25) is 0 Å². The van der Waals surface area contributed by atoms with Crippen molar-refractivity contribution >= 4 is 27.5 Å². The van der Waals surface area contributed by atoms with Crippen LogP contribution in [0.2, 0.25) is 5.02 Å². The monoisotopic (exact) mass is 316 g/mol. The topological polar surface area (TPSA) is 9.23 Å². The van der Waals surface area contributed by atoms with Crippen LogP contribution in [0.1, 0.15) is 42.5 Å². The van der Waals surface area contributed by atoms with Gasteiger partial charge >= 0.3 is 0 Å². The van der Waals surface area contributed by atoms with Gasteiger partial charge in [-0.05, 0) is 30.5 Å². The van der Waals surface area contributed by atoms with Crippen molar-refractivity contribution in [3.63, 3.8) is 0 Å². The first kappa shape index (κ1) is 13.2. The van der Waals surface area contributed by atoms with Crippen molar-refractivity contribution in [1.29, 1.82) is 0 Å². The van der Waals surface area contributed by atoms with Gasteiger partial charge in [-0.3, -0.25) is 0 Å². The van der Waals surface area contributed by atoms with E-state index < -0.39 is 0 Å². The highest BCUT2D eigenvalue weighted by atomic mass is 79.9. The van der Waals surface area contributed by atoms with Gasteiger partial charge in [0.15, 0.2) is 0 Å². The van der Waals surface area contributed by atoms with Crippen LogP contribution in [-0.4, -0.2) is 7.11 Å². The minimum atomic E-state index is 0.347. The molecule has 0 bridgehead atoms. The van der Waals surface area contributed by atoms with Crippen molar-refractivity contribution in [2.24, 2.45) is 5.92 Å². The molecule has 1 nitrogen and oxygen atoms in total. The SMILES string of the molecule is COc1ccc(Cl)cc1C(Br)CC1CCCC1. The second-order valence-corrected chi connectivity index (χ2v) is 6.28. The third-order valence-electron chi connectivity index (χ3n) is 3.54. The Labute approximate surface area is 117 Å². The number of hydrogen-bond acceptors (Lipinski definition) is 1. The third-order valence-corrected chi connectivity index (χ3v) is 4.65. The lowest BCUT2D eigenvalue weighted by molar-refractivity contribution is 0.405. The van der Waals surface area contributed by atoms with Gasteiger partial charge in [-0.2, -0.15) is 0 Å². The zero-order valence-corrected chi connectivity index (χ0v) is 12.4. The maximum absolute atomic E-state index is 6.06. The van der Waals surface area contributed by atoms with E-state index >= 15 is 0 Å². The van der Waals surface area contributed by atoms with Crippen LogP contribution in [-0.2, 0) is 0 Å². The molecule has 0 saturated heterocycles. The molecule has 1 aromatic rings. The molecule has 1 aliphatic rings. The summed E-state index contributed by atoms with van der Waals surface area (Å²) in [6.07, 6.45) is 6.68. The fraction of sp³-hybridized carbons (Fsp3) is 0.571. The number of hydrogen-bond donors (Lipinski definition) is 0. The summed E-state index contributed by atoms with van der Waals surface area (Å²) in [6.45, 7) is 0. The summed E-state index contributed by atoms with van der Waals surface area (Å²) in [5.41, 5.74) is 1.17. The molecule has 1 fully saturated rings. The predicted octanol–water partition coefficient (Wildman–Crippen LogP) is 5.36. The van der Waals surface area contributed by atoms with E-state index in [2.05, 4.69) is 15.9 Å². The van der Waals surface area contributed by atoms with Crippen LogP contribution in [0.25, 0.3) is 0 Å². The van der Waals surface area contributed by atoms with E-state index in [9.17, 15) is 0 Å². The summed E-state index contributed by atoms with van der Waals surface area (Å²) in [6, 6.07) is 5.83. The van der Waals surface area contributed by atoms with Crippen molar-refractivity contribution in [2.45, 2.75) is 36.9 Å². The number of alkyl halides is 1. The van der Waals surface area contributed by atoms with Crippen LogP contribution < -0.4 is 4.74 Å². The third kappa shape index (κ3) is 3.38. The number of methoxy groups -OCH3 is 1. The molecular weight excluding hydrogens is 300 g/mol. The van der Waals surface area contributed by atoms with Gasteiger partial charge in [0.05, 0.1) is 7.11 Å². The van der Waals surface area contributed by atoms with Crippen LogP contribution in [0.4, 0.5) is 0 Å². The van der Waals surface area contributed by atoms with Crippen LogP contribution in [0.5, 0.6) is 5.75 Å². The van der Waals surface area contributed by atoms with E-state index in [1.165, 1.54) is 37.7 Å². The van der Waals surface area contributed by atoms with Crippen molar-refractivity contribution in [1.82, 2.24) is 0 Å². The molecule has 17 heavy (non-hydrogen) atoms. The fourth-order valence-electron chi connectivity index (χ4n) is 2.62. The van der Waals surface area contributed by atoms with Gasteiger partial charge in [-0.25, -0.2) is 0 Å². The lowest BCUT2D eigenvalue weighted by Crippen LogP contribution is -2.01. The van der Waals surface area contributed by atoms with Crippen molar-refractivity contribution in [3.8, 4) is 5.75 Å². The van der Waals surface area contributed by atoms with E-state index in [0.29, 0.717) is 4.83 Å². The van der Waals surface area contributed by atoms with E-state index in [4.69, 9.17) is 16.3 Å². The Hall–Kier alpha value is -0.210. The highest BCUT2D eigenvalue weighted by molar-refractivity contribution is 9.09. The molecule has 0 spiro atoms. The summed E-state index contributed by atoms with van der Waals surface area (Å²) in [4.78, 5) is 0.347. The maximum atomic E-state index is 6.06. The molecule has 0 aliphatic heterocycles. The van der Waals surface area contributed by atoms with E-state index in [1.54, 1.807) is 7.11 Å². The molecule has 1 unspecified atom stereocenters. The second kappa shape index (κ2) is 6.10. The van der Waals surface area contributed by atoms with Crippen LogP contribution >= 0.6 is 27.5 Å².